The predicted molar refractivity (Wildman–Crippen MR) is 58.5 cm³/mol. The Hall–Kier alpha value is -1.60. The molecule has 0 radical (unpaired) electrons. The van der Waals surface area contributed by atoms with E-state index < -0.39 is 12.1 Å². The third-order valence-corrected chi connectivity index (χ3v) is 2.77. The first-order valence-electron chi connectivity index (χ1n) is 4.54. The summed E-state index contributed by atoms with van der Waals surface area (Å²) in [4.78, 5) is 22.0. The van der Waals surface area contributed by atoms with E-state index in [0.717, 1.165) is 4.88 Å². The third-order valence-electron chi connectivity index (χ3n) is 1.69. The number of nitrogens with one attached hydrogen (secondary N) is 1. The molecule has 1 amide bonds. The Morgan fingerprint density at radius 3 is 2.81 bits per heavy atom. The van der Waals surface area contributed by atoms with Crippen molar-refractivity contribution in [3.8, 4) is 0 Å². The fraction of sp³-hybridized carbons (Fsp3) is 0.333. The maximum atomic E-state index is 10.6. The van der Waals surface area contributed by atoms with E-state index in [4.69, 9.17) is 10.8 Å². The normalized spacial score (nSPS) is 10.0. The standard InChI is InChI=1S/C9H12N2O4S/c10-9(14)15-4-3-11-5-6-1-2-7(16-6)8(12)13/h1-2,11H,3-5H2,(H2,10,14)(H,12,13). The summed E-state index contributed by atoms with van der Waals surface area (Å²) in [6, 6.07) is 3.31. The number of primary amides is 1. The molecule has 0 aliphatic rings. The van der Waals surface area contributed by atoms with Gasteiger partial charge in [0.15, 0.2) is 0 Å². The second-order valence-electron chi connectivity index (χ2n) is 2.92. The molecule has 88 valence electrons. The molecule has 7 heteroatoms. The molecule has 0 fully saturated rings. The smallest absolute Gasteiger partial charge is 0.404 e. The van der Waals surface area contributed by atoms with Gasteiger partial charge in [-0.2, -0.15) is 0 Å². The predicted octanol–water partition coefficient (Wildman–Crippen LogP) is 0.631. The molecule has 4 N–H and O–H groups in total. The molecule has 1 heterocycles. The molecule has 0 spiro atoms. The highest BCUT2D eigenvalue weighted by Crippen LogP contribution is 2.15. The minimum absolute atomic E-state index is 0.201. The Morgan fingerprint density at radius 1 is 1.50 bits per heavy atom. The number of carboxylic acids is 1. The summed E-state index contributed by atoms with van der Waals surface area (Å²) in [5, 5.41) is 11.7. The Bertz CT molecular complexity index is 377. The van der Waals surface area contributed by atoms with E-state index in [1.54, 1.807) is 12.1 Å². The van der Waals surface area contributed by atoms with Crippen LogP contribution in [0.4, 0.5) is 4.79 Å². The molecule has 0 atom stereocenters. The van der Waals surface area contributed by atoms with Gasteiger partial charge in [-0.3, -0.25) is 0 Å². The fourth-order valence-corrected chi connectivity index (χ4v) is 1.84. The first kappa shape index (κ1) is 12.5. The largest absolute Gasteiger partial charge is 0.477 e. The zero-order valence-electron chi connectivity index (χ0n) is 8.43. The van der Waals surface area contributed by atoms with Crippen molar-refractivity contribution in [2.75, 3.05) is 13.2 Å². The van der Waals surface area contributed by atoms with Crippen LogP contribution in [0.5, 0.6) is 0 Å². The lowest BCUT2D eigenvalue weighted by atomic mass is 10.4. The molecule has 0 aromatic carbocycles. The summed E-state index contributed by atoms with van der Waals surface area (Å²) in [6.45, 7) is 1.22. The molecule has 1 rings (SSSR count). The summed E-state index contributed by atoms with van der Waals surface area (Å²) >= 11 is 1.21. The van der Waals surface area contributed by atoms with Gasteiger partial charge in [-0.15, -0.1) is 11.3 Å². The number of carbonyl (C=O) groups excluding carboxylic acids is 1. The SMILES string of the molecule is NC(=O)OCCNCc1ccc(C(=O)O)s1. The molecular weight excluding hydrogens is 232 g/mol. The highest BCUT2D eigenvalue weighted by molar-refractivity contribution is 7.13. The van der Waals surface area contributed by atoms with Gasteiger partial charge >= 0.3 is 12.1 Å². The minimum Gasteiger partial charge on any atom is -0.477 e. The van der Waals surface area contributed by atoms with Crippen molar-refractivity contribution >= 4 is 23.4 Å². The van der Waals surface area contributed by atoms with E-state index in [2.05, 4.69) is 10.1 Å². The minimum atomic E-state index is -0.923. The van der Waals surface area contributed by atoms with E-state index in [1.807, 2.05) is 0 Å². The van der Waals surface area contributed by atoms with Crippen LogP contribution in [0.15, 0.2) is 12.1 Å². The first-order valence-corrected chi connectivity index (χ1v) is 5.36. The molecule has 1 aromatic rings. The van der Waals surface area contributed by atoms with Crippen molar-refractivity contribution in [2.24, 2.45) is 5.73 Å². The summed E-state index contributed by atoms with van der Waals surface area (Å²) in [7, 11) is 0. The van der Waals surface area contributed by atoms with Gasteiger partial charge in [-0.25, -0.2) is 9.59 Å². The van der Waals surface area contributed by atoms with Crippen LogP contribution in [0, 0.1) is 0 Å². The Morgan fingerprint density at radius 2 is 2.25 bits per heavy atom. The molecule has 0 saturated heterocycles. The third kappa shape index (κ3) is 4.28. The zero-order valence-corrected chi connectivity index (χ0v) is 9.25. The van der Waals surface area contributed by atoms with Crippen LogP contribution >= 0.6 is 11.3 Å². The van der Waals surface area contributed by atoms with Crippen LogP contribution in [0.25, 0.3) is 0 Å². The van der Waals surface area contributed by atoms with Crippen LogP contribution in [0.2, 0.25) is 0 Å². The number of aromatic carboxylic acids is 1. The van der Waals surface area contributed by atoms with Crippen LogP contribution < -0.4 is 11.1 Å². The summed E-state index contributed by atoms with van der Waals surface area (Å²) in [5.41, 5.74) is 4.77. The van der Waals surface area contributed by atoms with Gasteiger partial charge in [0.2, 0.25) is 0 Å². The van der Waals surface area contributed by atoms with E-state index >= 15 is 0 Å². The maximum Gasteiger partial charge on any atom is 0.404 e. The fourth-order valence-electron chi connectivity index (χ4n) is 1.02. The van der Waals surface area contributed by atoms with Gasteiger partial charge in [-0.05, 0) is 12.1 Å². The Labute approximate surface area is 96.0 Å². The highest BCUT2D eigenvalue weighted by Gasteiger charge is 2.06. The molecule has 16 heavy (non-hydrogen) atoms. The average Bonchev–Trinajstić information content (AvgIpc) is 2.65. The van der Waals surface area contributed by atoms with E-state index in [0.29, 0.717) is 18.0 Å². The highest BCUT2D eigenvalue weighted by atomic mass is 32.1. The number of hydrogen-bond donors (Lipinski definition) is 3. The lowest BCUT2D eigenvalue weighted by Gasteiger charge is -2.02. The number of carbonyl (C=O) groups is 2. The van der Waals surface area contributed by atoms with Crippen molar-refractivity contribution in [1.82, 2.24) is 5.32 Å². The van der Waals surface area contributed by atoms with Gasteiger partial charge in [-0.1, -0.05) is 0 Å². The van der Waals surface area contributed by atoms with Crippen molar-refractivity contribution < 1.29 is 19.4 Å². The van der Waals surface area contributed by atoms with Gasteiger partial charge in [0.05, 0.1) is 0 Å². The van der Waals surface area contributed by atoms with E-state index in [9.17, 15) is 9.59 Å². The lowest BCUT2D eigenvalue weighted by molar-refractivity contribution is 0.0702. The topological polar surface area (TPSA) is 102 Å². The number of carboxylic acid groups (broad SMARTS) is 1. The molecular formula is C9H12N2O4S. The van der Waals surface area contributed by atoms with Crippen molar-refractivity contribution in [1.29, 1.82) is 0 Å². The van der Waals surface area contributed by atoms with E-state index in [1.165, 1.54) is 11.3 Å². The number of rotatable bonds is 6. The molecule has 0 bridgehead atoms. The first-order chi connectivity index (χ1) is 7.59. The summed E-state index contributed by atoms with van der Waals surface area (Å²) < 4.78 is 4.51. The van der Waals surface area contributed by atoms with Crippen molar-refractivity contribution in [3.63, 3.8) is 0 Å². The number of amides is 1. The monoisotopic (exact) mass is 244 g/mol. The molecule has 0 aliphatic heterocycles. The Kier molecular flexibility index (Phi) is 4.74. The van der Waals surface area contributed by atoms with Crippen LogP contribution in [0.3, 0.4) is 0 Å². The van der Waals surface area contributed by atoms with Crippen molar-refractivity contribution in [2.45, 2.75) is 6.54 Å². The van der Waals surface area contributed by atoms with Gasteiger partial charge in [0.25, 0.3) is 0 Å². The quantitative estimate of drug-likeness (QED) is 0.637. The van der Waals surface area contributed by atoms with Crippen molar-refractivity contribution in [3.05, 3.63) is 21.9 Å². The number of nitrogens with two attached hydrogens (primary N) is 1. The second-order valence-corrected chi connectivity index (χ2v) is 4.08. The van der Waals surface area contributed by atoms with Gasteiger partial charge in [0.1, 0.15) is 11.5 Å². The van der Waals surface area contributed by atoms with Crippen LogP contribution in [0.1, 0.15) is 14.5 Å². The average molecular weight is 244 g/mol. The maximum absolute atomic E-state index is 10.6. The Balaban J connectivity index is 2.21. The van der Waals surface area contributed by atoms with Crippen LogP contribution in [-0.2, 0) is 11.3 Å². The van der Waals surface area contributed by atoms with Gasteiger partial charge < -0.3 is 20.9 Å². The molecule has 0 unspecified atom stereocenters. The van der Waals surface area contributed by atoms with E-state index in [-0.39, 0.29) is 6.61 Å². The van der Waals surface area contributed by atoms with Crippen LogP contribution in [-0.4, -0.2) is 30.3 Å². The molecule has 0 aliphatic carbocycles. The summed E-state index contributed by atoms with van der Waals surface area (Å²) in [5.74, 6) is -0.923. The lowest BCUT2D eigenvalue weighted by Crippen LogP contribution is -2.22. The molecule has 6 nitrogen and oxygen atoms in total. The molecule has 0 saturated carbocycles. The zero-order chi connectivity index (χ0) is 12.0. The number of ether oxygens (including phenoxy) is 1. The number of thiophene rings is 1. The van der Waals surface area contributed by atoms with Gasteiger partial charge in [0, 0.05) is 18.0 Å². The number of hydrogen-bond acceptors (Lipinski definition) is 5. The second kappa shape index (κ2) is 6.09. The molecule has 1 aromatic heterocycles. The summed E-state index contributed by atoms with van der Waals surface area (Å²) in [6.07, 6.45) is -0.800.